The Morgan fingerprint density at radius 3 is 3.00 bits per heavy atom. The summed E-state index contributed by atoms with van der Waals surface area (Å²) in [5.74, 6) is 2.82. The van der Waals surface area contributed by atoms with Gasteiger partial charge in [-0.3, -0.25) is 0 Å². The van der Waals surface area contributed by atoms with Gasteiger partial charge in [0.15, 0.2) is 0 Å². The molecule has 0 saturated heterocycles. The van der Waals surface area contributed by atoms with Crippen LogP contribution in [-0.2, 0) is 5.75 Å². The number of thioether (sulfide) groups is 1. The van der Waals surface area contributed by atoms with Crippen LogP contribution in [0.3, 0.4) is 0 Å². The van der Waals surface area contributed by atoms with Crippen LogP contribution in [0.2, 0.25) is 5.15 Å². The predicted molar refractivity (Wildman–Crippen MR) is 66.2 cm³/mol. The second-order valence-electron chi connectivity index (χ2n) is 2.48. The first-order valence-electron chi connectivity index (χ1n) is 3.98. The zero-order chi connectivity index (χ0) is 9.68. The molecule has 0 unspecified atom stereocenters. The van der Waals surface area contributed by atoms with E-state index in [1.807, 2.05) is 11.8 Å². The van der Waals surface area contributed by atoms with Gasteiger partial charge >= 0.3 is 0 Å². The molecule has 72 valence electrons. The third-order valence-electron chi connectivity index (χ3n) is 1.33. The summed E-state index contributed by atoms with van der Waals surface area (Å²) in [5.41, 5.74) is 0. The van der Waals surface area contributed by atoms with E-state index < -0.39 is 0 Å². The predicted octanol–water partition coefficient (Wildman–Crippen LogP) is 3.38. The maximum absolute atomic E-state index is 5.86. The first kappa shape index (κ1) is 11.5. The van der Waals surface area contributed by atoms with Crippen molar-refractivity contribution < 1.29 is 0 Å². The molecule has 0 aliphatic heterocycles. The zero-order valence-corrected chi connectivity index (χ0v) is 11.0. The lowest BCUT2D eigenvalue weighted by atomic mass is 10.6. The van der Waals surface area contributed by atoms with Gasteiger partial charge in [0.25, 0.3) is 0 Å². The average Bonchev–Trinajstić information content (AvgIpc) is 2.12. The van der Waals surface area contributed by atoms with Crippen molar-refractivity contribution in [2.24, 2.45) is 0 Å². The molecule has 5 heteroatoms. The second kappa shape index (κ2) is 6.03. The van der Waals surface area contributed by atoms with Crippen molar-refractivity contribution in [1.82, 2.24) is 9.97 Å². The number of aromatic nitrogens is 2. The maximum atomic E-state index is 5.86. The van der Waals surface area contributed by atoms with Crippen molar-refractivity contribution in [2.75, 3.05) is 5.75 Å². The van der Waals surface area contributed by atoms with E-state index in [1.54, 1.807) is 6.20 Å². The van der Waals surface area contributed by atoms with Crippen LogP contribution in [0.4, 0.5) is 0 Å². The van der Waals surface area contributed by atoms with Gasteiger partial charge in [0, 0.05) is 6.20 Å². The van der Waals surface area contributed by atoms with Gasteiger partial charge in [-0.15, -0.1) is 0 Å². The molecule has 0 spiro atoms. The van der Waals surface area contributed by atoms with E-state index in [9.17, 15) is 0 Å². The van der Waals surface area contributed by atoms with Crippen LogP contribution in [0.25, 0.3) is 0 Å². The van der Waals surface area contributed by atoms with Crippen molar-refractivity contribution in [3.63, 3.8) is 0 Å². The molecular formula is C8H10ClIN2S. The zero-order valence-electron chi connectivity index (χ0n) is 7.26. The summed E-state index contributed by atoms with van der Waals surface area (Å²) >= 11 is 9.82. The highest BCUT2D eigenvalue weighted by atomic mass is 127. The smallest absolute Gasteiger partial charge is 0.146 e. The van der Waals surface area contributed by atoms with Crippen molar-refractivity contribution in [3.8, 4) is 0 Å². The molecule has 2 nitrogen and oxygen atoms in total. The Morgan fingerprint density at radius 1 is 1.62 bits per heavy atom. The van der Waals surface area contributed by atoms with E-state index in [0.717, 1.165) is 20.9 Å². The monoisotopic (exact) mass is 328 g/mol. The summed E-state index contributed by atoms with van der Waals surface area (Å²) in [5, 5.41) is 0.558. The molecule has 0 aliphatic rings. The molecule has 1 heterocycles. The number of hydrogen-bond donors (Lipinski definition) is 0. The number of halogens is 2. The average molecular weight is 329 g/mol. The largest absolute Gasteiger partial charge is 0.239 e. The maximum Gasteiger partial charge on any atom is 0.146 e. The van der Waals surface area contributed by atoms with E-state index in [-0.39, 0.29) is 0 Å². The molecule has 0 aliphatic carbocycles. The topological polar surface area (TPSA) is 25.8 Å². The Hall–Kier alpha value is 0.450. The van der Waals surface area contributed by atoms with Crippen molar-refractivity contribution in [2.45, 2.75) is 19.1 Å². The van der Waals surface area contributed by atoms with Gasteiger partial charge in [-0.25, -0.2) is 9.97 Å². The summed E-state index contributed by atoms with van der Waals surface area (Å²) in [6.45, 7) is 2.16. The van der Waals surface area contributed by atoms with E-state index in [1.165, 1.54) is 6.42 Å². The summed E-state index contributed by atoms with van der Waals surface area (Å²) in [6.07, 6.45) is 2.94. The Bertz CT molecular complexity index is 283. The number of hydrogen-bond acceptors (Lipinski definition) is 3. The van der Waals surface area contributed by atoms with Crippen molar-refractivity contribution in [3.05, 3.63) is 20.7 Å². The Kier molecular flexibility index (Phi) is 5.35. The highest BCUT2D eigenvalue weighted by Crippen LogP contribution is 2.16. The standard InChI is InChI=1S/C8H10ClIN2S/c1-2-3-13-5-7-11-4-6(10)8(9)12-7/h4H,2-3,5H2,1H3. The van der Waals surface area contributed by atoms with Crippen molar-refractivity contribution >= 4 is 46.0 Å². The molecule has 0 bridgehead atoms. The van der Waals surface area contributed by atoms with Crippen molar-refractivity contribution in [1.29, 1.82) is 0 Å². The van der Waals surface area contributed by atoms with Crippen LogP contribution in [-0.4, -0.2) is 15.7 Å². The third kappa shape index (κ3) is 3.99. The molecule has 0 fully saturated rings. The quantitative estimate of drug-likeness (QED) is 0.481. The van der Waals surface area contributed by atoms with Gasteiger partial charge in [-0.1, -0.05) is 18.5 Å². The fourth-order valence-corrected chi connectivity index (χ4v) is 1.92. The van der Waals surface area contributed by atoms with Gasteiger partial charge in [-0.05, 0) is 34.8 Å². The molecule has 13 heavy (non-hydrogen) atoms. The minimum absolute atomic E-state index is 0.558. The molecular weight excluding hydrogens is 319 g/mol. The molecule has 1 rings (SSSR count). The molecule has 0 atom stereocenters. The highest BCUT2D eigenvalue weighted by Gasteiger charge is 2.01. The van der Waals surface area contributed by atoms with Gasteiger partial charge in [-0.2, -0.15) is 11.8 Å². The first-order valence-corrected chi connectivity index (χ1v) is 6.60. The third-order valence-corrected chi connectivity index (χ3v) is 3.89. The highest BCUT2D eigenvalue weighted by molar-refractivity contribution is 14.1. The van der Waals surface area contributed by atoms with Crippen LogP contribution in [0.5, 0.6) is 0 Å². The van der Waals surface area contributed by atoms with E-state index >= 15 is 0 Å². The second-order valence-corrected chi connectivity index (χ2v) is 5.10. The normalized spacial score (nSPS) is 10.4. The van der Waals surface area contributed by atoms with E-state index in [4.69, 9.17) is 11.6 Å². The van der Waals surface area contributed by atoms with Crippen LogP contribution < -0.4 is 0 Å². The Labute approximate surface area is 101 Å². The Morgan fingerprint density at radius 2 is 2.38 bits per heavy atom. The Balaban J connectivity index is 2.53. The molecule has 1 aromatic rings. The summed E-state index contributed by atoms with van der Waals surface area (Å²) in [4.78, 5) is 8.36. The molecule has 0 saturated carbocycles. The summed E-state index contributed by atoms with van der Waals surface area (Å²) < 4.78 is 0.906. The first-order chi connectivity index (χ1) is 6.24. The SMILES string of the molecule is CCCSCc1ncc(I)c(Cl)n1. The number of rotatable bonds is 4. The van der Waals surface area contributed by atoms with Gasteiger partial charge in [0.2, 0.25) is 0 Å². The lowest BCUT2D eigenvalue weighted by Crippen LogP contribution is -1.94. The van der Waals surface area contributed by atoms with Crippen LogP contribution in [0.15, 0.2) is 6.20 Å². The molecule has 0 aromatic carbocycles. The van der Waals surface area contributed by atoms with Gasteiger partial charge < -0.3 is 0 Å². The summed E-state index contributed by atoms with van der Waals surface area (Å²) in [7, 11) is 0. The fourth-order valence-electron chi connectivity index (χ4n) is 0.757. The van der Waals surface area contributed by atoms with Crippen LogP contribution >= 0.6 is 46.0 Å². The fraction of sp³-hybridized carbons (Fsp3) is 0.500. The molecule has 0 amide bonds. The molecule has 0 radical (unpaired) electrons. The van der Waals surface area contributed by atoms with Crippen LogP contribution in [0, 0.1) is 3.57 Å². The van der Waals surface area contributed by atoms with Crippen LogP contribution in [0.1, 0.15) is 19.2 Å². The van der Waals surface area contributed by atoms with Gasteiger partial charge in [0.05, 0.1) is 9.32 Å². The lowest BCUT2D eigenvalue weighted by Gasteiger charge is -2.00. The lowest BCUT2D eigenvalue weighted by molar-refractivity contribution is 1.02. The minimum atomic E-state index is 0.558. The summed E-state index contributed by atoms with van der Waals surface area (Å²) in [6, 6.07) is 0. The van der Waals surface area contributed by atoms with Gasteiger partial charge in [0.1, 0.15) is 11.0 Å². The minimum Gasteiger partial charge on any atom is -0.239 e. The molecule has 0 N–H and O–H groups in total. The number of nitrogens with zero attached hydrogens (tertiary/aromatic N) is 2. The molecule has 1 aromatic heterocycles. The van der Waals surface area contributed by atoms with E-state index in [2.05, 4.69) is 39.5 Å². The van der Waals surface area contributed by atoms with E-state index in [0.29, 0.717) is 5.15 Å².